The highest BCUT2D eigenvalue weighted by atomic mass is 32.2. The van der Waals surface area contributed by atoms with Gasteiger partial charge in [0.05, 0.1) is 17.2 Å². The van der Waals surface area contributed by atoms with Gasteiger partial charge in [0, 0.05) is 30.4 Å². The van der Waals surface area contributed by atoms with Gasteiger partial charge in [0.1, 0.15) is 10.5 Å². The molecule has 3 rings (SSSR count). The molecular formula is C23H29N3O7S. The molecule has 0 bridgehead atoms. The Labute approximate surface area is 199 Å². The predicted molar refractivity (Wildman–Crippen MR) is 128 cm³/mol. The monoisotopic (exact) mass is 491 g/mol. The topological polar surface area (TPSA) is 128 Å². The van der Waals surface area contributed by atoms with E-state index in [1.807, 2.05) is 0 Å². The van der Waals surface area contributed by atoms with Crippen LogP contribution >= 0.6 is 0 Å². The quantitative estimate of drug-likeness (QED) is 0.343. The van der Waals surface area contributed by atoms with E-state index in [1.54, 1.807) is 52.8 Å². The molecule has 1 unspecified atom stereocenters. The molecule has 34 heavy (non-hydrogen) atoms. The maximum Gasteiger partial charge on any atom is 0.414 e. The lowest BCUT2D eigenvalue weighted by Gasteiger charge is -2.30. The number of benzene rings is 2. The van der Waals surface area contributed by atoms with Crippen LogP contribution in [-0.4, -0.2) is 44.2 Å². The number of nitrogens with one attached hydrogen (secondary N) is 1. The van der Waals surface area contributed by atoms with Crippen LogP contribution in [0.2, 0.25) is 0 Å². The van der Waals surface area contributed by atoms with Gasteiger partial charge in [-0.15, -0.1) is 0 Å². The fourth-order valence-electron chi connectivity index (χ4n) is 3.73. The molecule has 0 radical (unpaired) electrons. The highest BCUT2D eigenvalue weighted by Crippen LogP contribution is 2.33. The number of nitro benzene ring substituents is 1. The Morgan fingerprint density at radius 2 is 1.94 bits per heavy atom. The number of anilines is 2. The molecule has 1 amide bonds. The Morgan fingerprint density at radius 1 is 1.24 bits per heavy atom. The lowest BCUT2D eigenvalue weighted by atomic mass is 10.1. The Morgan fingerprint density at radius 3 is 2.56 bits per heavy atom. The Bertz CT molecular complexity index is 1210. The molecule has 0 aliphatic carbocycles. The smallest absolute Gasteiger partial charge is 0.414 e. The first-order chi connectivity index (χ1) is 15.8. The largest absolute Gasteiger partial charge is 0.443 e. The molecule has 184 valence electrons. The van der Waals surface area contributed by atoms with E-state index in [1.165, 1.54) is 23.1 Å². The van der Waals surface area contributed by atoms with Crippen molar-refractivity contribution in [2.75, 3.05) is 23.4 Å². The summed E-state index contributed by atoms with van der Waals surface area (Å²) in [6.07, 6.45) is -0.301. The number of nitrogens with zero attached hydrogens (tertiary/aromatic N) is 2. The van der Waals surface area contributed by atoms with E-state index < -0.39 is 26.7 Å². The SMILES string of the molecule is CCOS(=O)(=O)c1ccc(C)cc1N(CC1Cc2cc([N+](=O)[O-])ccc2N1)C(=O)OC(C)(C)C. The predicted octanol–water partition coefficient (Wildman–Crippen LogP) is 4.41. The maximum atomic E-state index is 13.3. The summed E-state index contributed by atoms with van der Waals surface area (Å²) in [7, 11) is -4.13. The van der Waals surface area contributed by atoms with Crippen LogP contribution in [0.5, 0.6) is 0 Å². The second-order valence-electron chi connectivity index (χ2n) is 9.07. The van der Waals surface area contributed by atoms with Crippen LogP contribution in [0.15, 0.2) is 41.3 Å². The third-order valence-electron chi connectivity index (χ3n) is 5.09. The summed E-state index contributed by atoms with van der Waals surface area (Å²) in [4.78, 5) is 25.1. The molecule has 1 heterocycles. The van der Waals surface area contributed by atoms with E-state index in [9.17, 15) is 23.3 Å². The average molecular weight is 492 g/mol. The van der Waals surface area contributed by atoms with E-state index in [2.05, 4.69) is 5.32 Å². The normalized spacial score (nSPS) is 15.4. The summed E-state index contributed by atoms with van der Waals surface area (Å²) in [5, 5.41) is 14.4. The van der Waals surface area contributed by atoms with Crippen molar-refractivity contribution in [2.45, 2.75) is 57.6 Å². The highest BCUT2D eigenvalue weighted by Gasteiger charge is 2.33. The zero-order valence-electron chi connectivity index (χ0n) is 19.8. The molecule has 2 aromatic rings. The van der Waals surface area contributed by atoms with Crippen LogP contribution in [0.3, 0.4) is 0 Å². The molecule has 0 fully saturated rings. The van der Waals surface area contributed by atoms with Gasteiger partial charge in [0.15, 0.2) is 0 Å². The number of carbonyl (C=O) groups excluding carboxylic acids is 1. The van der Waals surface area contributed by atoms with Gasteiger partial charge in [-0.2, -0.15) is 8.42 Å². The molecule has 1 aliphatic rings. The third-order valence-corrected chi connectivity index (χ3v) is 6.52. The number of fused-ring (bicyclic) bond motifs is 1. The second kappa shape index (κ2) is 9.59. The van der Waals surface area contributed by atoms with Crippen molar-refractivity contribution in [1.82, 2.24) is 0 Å². The summed E-state index contributed by atoms with van der Waals surface area (Å²) in [5.41, 5.74) is 1.53. The van der Waals surface area contributed by atoms with E-state index in [4.69, 9.17) is 8.92 Å². The number of aryl methyl sites for hydroxylation is 1. The molecule has 1 atom stereocenters. The lowest BCUT2D eigenvalue weighted by Crippen LogP contribution is -2.43. The highest BCUT2D eigenvalue weighted by molar-refractivity contribution is 7.87. The van der Waals surface area contributed by atoms with Crippen molar-refractivity contribution in [3.8, 4) is 0 Å². The van der Waals surface area contributed by atoms with Gasteiger partial charge in [0.25, 0.3) is 15.8 Å². The van der Waals surface area contributed by atoms with Crippen LogP contribution < -0.4 is 10.2 Å². The molecule has 0 saturated heterocycles. The first-order valence-corrected chi connectivity index (χ1v) is 12.3. The molecule has 10 nitrogen and oxygen atoms in total. The summed E-state index contributed by atoms with van der Waals surface area (Å²) in [5.74, 6) is 0. The van der Waals surface area contributed by atoms with Gasteiger partial charge in [-0.1, -0.05) is 6.07 Å². The number of nitro groups is 1. The number of hydrogen-bond acceptors (Lipinski definition) is 8. The fraction of sp³-hybridized carbons (Fsp3) is 0.435. The Balaban J connectivity index is 2.00. The van der Waals surface area contributed by atoms with E-state index in [0.717, 1.165) is 16.8 Å². The van der Waals surface area contributed by atoms with Crippen molar-refractivity contribution in [3.63, 3.8) is 0 Å². The van der Waals surface area contributed by atoms with Crippen LogP contribution in [0, 0.1) is 17.0 Å². The zero-order valence-corrected chi connectivity index (χ0v) is 20.6. The standard InChI is InChI=1S/C23H29N3O7S/c1-6-32-34(30,31)21-10-7-15(2)11-20(21)25(22(27)33-23(3,4)5)14-17-12-16-13-18(26(28)29)8-9-19(16)24-17/h7-11,13,17,24H,6,12,14H2,1-5H3. The van der Waals surface area contributed by atoms with Crippen LogP contribution in [0.1, 0.15) is 38.8 Å². The van der Waals surface area contributed by atoms with Crippen LogP contribution in [-0.2, 0) is 25.5 Å². The van der Waals surface area contributed by atoms with Gasteiger partial charge in [0.2, 0.25) is 0 Å². The molecule has 0 aromatic heterocycles. The van der Waals surface area contributed by atoms with Crippen molar-refractivity contribution < 1.29 is 27.1 Å². The molecule has 1 aliphatic heterocycles. The lowest BCUT2D eigenvalue weighted by molar-refractivity contribution is -0.384. The minimum Gasteiger partial charge on any atom is -0.443 e. The summed E-state index contributed by atoms with van der Waals surface area (Å²) < 4.78 is 36.2. The van der Waals surface area contributed by atoms with Gasteiger partial charge in [-0.25, -0.2) is 4.79 Å². The van der Waals surface area contributed by atoms with E-state index in [-0.39, 0.29) is 35.5 Å². The number of carbonyl (C=O) groups is 1. The molecule has 0 spiro atoms. The maximum absolute atomic E-state index is 13.3. The Hall–Kier alpha value is -3.18. The summed E-state index contributed by atoms with van der Waals surface area (Å²) in [6, 6.07) is 8.85. The molecule has 2 aromatic carbocycles. The molecule has 0 saturated carbocycles. The summed E-state index contributed by atoms with van der Waals surface area (Å²) >= 11 is 0. The number of hydrogen-bond donors (Lipinski definition) is 1. The van der Waals surface area contributed by atoms with Crippen LogP contribution in [0.4, 0.5) is 21.9 Å². The van der Waals surface area contributed by atoms with Crippen LogP contribution in [0.25, 0.3) is 0 Å². The van der Waals surface area contributed by atoms with Crippen molar-refractivity contribution in [1.29, 1.82) is 0 Å². The molecule has 1 N–H and O–H groups in total. The summed E-state index contributed by atoms with van der Waals surface area (Å²) in [6.45, 7) is 8.53. The number of non-ortho nitro benzene ring substituents is 1. The van der Waals surface area contributed by atoms with Crippen molar-refractivity contribution in [3.05, 3.63) is 57.6 Å². The molecular weight excluding hydrogens is 462 g/mol. The third kappa shape index (κ3) is 5.84. The molecule has 11 heteroatoms. The van der Waals surface area contributed by atoms with E-state index >= 15 is 0 Å². The van der Waals surface area contributed by atoms with Crippen molar-refractivity contribution >= 4 is 33.3 Å². The number of ether oxygens (including phenoxy) is 1. The average Bonchev–Trinajstić information content (AvgIpc) is 3.12. The van der Waals surface area contributed by atoms with Gasteiger partial charge in [-0.05, 0) is 70.4 Å². The fourth-order valence-corrected chi connectivity index (χ4v) is 4.82. The number of amides is 1. The Kier molecular flexibility index (Phi) is 7.18. The first-order valence-electron chi connectivity index (χ1n) is 10.8. The second-order valence-corrected chi connectivity index (χ2v) is 10.7. The minimum atomic E-state index is -4.13. The van der Waals surface area contributed by atoms with Gasteiger partial charge >= 0.3 is 6.09 Å². The number of rotatable bonds is 7. The van der Waals surface area contributed by atoms with Crippen molar-refractivity contribution in [2.24, 2.45) is 0 Å². The van der Waals surface area contributed by atoms with E-state index in [0.29, 0.717) is 6.42 Å². The minimum absolute atomic E-state index is 0.0195. The van der Waals surface area contributed by atoms with Gasteiger partial charge < -0.3 is 10.1 Å². The zero-order chi connectivity index (χ0) is 25.3. The first kappa shape index (κ1) is 25.4. The van der Waals surface area contributed by atoms with Gasteiger partial charge in [-0.3, -0.25) is 19.2 Å².